The van der Waals surface area contributed by atoms with E-state index in [0.717, 1.165) is 0 Å². The first-order chi connectivity index (χ1) is 9.40. The highest BCUT2D eigenvalue weighted by Gasteiger charge is 2.18. The molecule has 10 heteroatoms. The van der Waals surface area contributed by atoms with Crippen molar-refractivity contribution in [2.45, 2.75) is 0 Å². The standard InChI is InChI=1S/C10H5Br2IN4O3/c11-5-1-4(17(19)20)2-6(12)8(5)15-10(18)9-7(13)3-14-16-9/h1-3H,(H,14,16)(H,15,18). The van der Waals surface area contributed by atoms with Gasteiger partial charge in [-0.15, -0.1) is 0 Å². The maximum atomic E-state index is 12.1. The lowest BCUT2D eigenvalue weighted by Crippen LogP contribution is -2.14. The van der Waals surface area contributed by atoms with Crippen LogP contribution in [-0.2, 0) is 0 Å². The zero-order valence-electron chi connectivity index (χ0n) is 9.49. The number of rotatable bonds is 3. The van der Waals surface area contributed by atoms with Crippen LogP contribution in [0.1, 0.15) is 10.5 Å². The monoisotopic (exact) mass is 514 g/mol. The van der Waals surface area contributed by atoms with Gasteiger partial charge in [0.05, 0.1) is 20.4 Å². The number of H-pyrrole nitrogens is 1. The molecule has 1 amide bonds. The minimum Gasteiger partial charge on any atom is -0.319 e. The Morgan fingerprint density at radius 1 is 1.40 bits per heavy atom. The van der Waals surface area contributed by atoms with E-state index < -0.39 is 4.92 Å². The summed E-state index contributed by atoms with van der Waals surface area (Å²) >= 11 is 8.38. The quantitative estimate of drug-likeness (QED) is 0.370. The molecule has 0 aliphatic heterocycles. The van der Waals surface area contributed by atoms with Crippen LogP contribution in [0.5, 0.6) is 0 Å². The highest BCUT2D eigenvalue weighted by Crippen LogP contribution is 2.35. The van der Waals surface area contributed by atoms with Crippen LogP contribution in [-0.4, -0.2) is 21.0 Å². The van der Waals surface area contributed by atoms with Gasteiger partial charge in [-0.25, -0.2) is 0 Å². The van der Waals surface area contributed by atoms with Crippen molar-refractivity contribution in [3.05, 3.63) is 46.7 Å². The van der Waals surface area contributed by atoms with Gasteiger partial charge in [-0.1, -0.05) is 0 Å². The van der Waals surface area contributed by atoms with E-state index in [1.807, 2.05) is 22.6 Å². The minimum atomic E-state index is -0.515. The molecule has 2 aromatic rings. The zero-order valence-corrected chi connectivity index (χ0v) is 14.8. The molecule has 0 bridgehead atoms. The van der Waals surface area contributed by atoms with Crippen molar-refractivity contribution in [3.63, 3.8) is 0 Å². The molecule has 1 aromatic carbocycles. The lowest BCUT2D eigenvalue weighted by atomic mass is 10.2. The third kappa shape index (κ3) is 3.17. The Hall–Kier alpha value is -1.01. The average molecular weight is 516 g/mol. The number of aromatic amines is 1. The van der Waals surface area contributed by atoms with Crippen molar-refractivity contribution in [3.8, 4) is 0 Å². The summed E-state index contributed by atoms with van der Waals surface area (Å²) in [5.41, 5.74) is 0.645. The SMILES string of the molecule is O=C(Nc1c(Br)cc([N+](=O)[O-])cc1Br)c1[nH]ncc1I. The molecule has 0 radical (unpaired) electrons. The largest absolute Gasteiger partial charge is 0.319 e. The van der Waals surface area contributed by atoms with Crippen molar-refractivity contribution >= 4 is 71.7 Å². The van der Waals surface area contributed by atoms with Gasteiger partial charge in [-0.05, 0) is 54.5 Å². The number of nitrogens with one attached hydrogen (secondary N) is 2. The number of hydrogen-bond donors (Lipinski definition) is 2. The van der Waals surface area contributed by atoms with Gasteiger partial charge in [0.1, 0.15) is 5.69 Å². The van der Waals surface area contributed by atoms with E-state index in [1.165, 1.54) is 18.3 Å². The number of nitrogens with zero attached hydrogens (tertiary/aromatic N) is 2. The van der Waals surface area contributed by atoms with Crippen molar-refractivity contribution in [1.29, 1.82) is 0 Å². The first-order valence-electron chi connectivity index (χ1n) is 5.04. The molecule has 2 rings (SSSR count). The van der Waals surface area contributed by atoms with Gasteiger partial charge in [0.15, 0.2) is 0 Å². The molecule has 0 unspecified atom stereocenters. The molecule has 0 saturated heterocycles. The van der Waals surface area contributed by atoms with Crippen LogP contribution in [0, 0.1) is 13.7 Å². The number of hydrogen-bond acceptors (Lipinski definition) is 4. The molecule has 2 N–H and O–H groups in total. The summed E-state index contributed by atoms with van der Waals surface area (Å²) in [6.45, 7) is 0. The third-order valence-electron chi connectivity index (χ3n) is 2.30. The number of benzene rings is 1. The number of carbonyl (C=O) groups excluding carboxylic acids is 1. The van der Waals surface area contributed by atoms with E-state index in [0.29, 0.717) is 23.9 Å². The number of amides is 1. The van der Waals surface area contributed by atoms with Gasteiger partial charge in [-0.2, -0.15) is 5.10 Å². The summed E-state index contributed by atoms with van der Waals surface area (Å²) < 4.78 is 1.48. The topological polar surface area (TPSA) is 101 Å². The number of non-ortho nitro benzene ring substituents is 1. The van der Waals surface area contributed by atoms with Crippen molar-refractivity contribution in [2.24, 2.45) is 0 Å². The van der Waals surface area contributed by atoms with E-state index in [9.17, 15) is 14.9 Å². The molecule has 0 spiro atoms. The Morgan fingerprint density at radius 2 is 2.00 bits per heavy atom. The van der Waals surface area contributed by atoms with E-state index in [1.54, 1.807) is 0 Å². The van der Waals surface area contributed by atoms with Gasteiger partial charge < -0.3 is 5.32 Å². The van der Waals surface area contributed by atoms with Crippen LogP contribution in [0.3, 0.4) is 0 Å². The second-order valence-electron chi connectivity index (χ2n) is 3.59. The predicted octanol–water partition coefficient (Wildman–Crippen LogP) is 3.70. The van der Waals surface area contributed by atoms with Crippen molar-refractivity contribution < 1.29 is 9.72 Å². The maximum absolute atomic E-state index is 12.1. The number of nitro benzene ring substituents is 1. The highest BCUT2D eigenvalue weighted by molar-refractivity contribution is 14.1. The maximum Gasteiger partial charge on any atom is 0.274 e. The van der Waals surface area contributed by atoms with Crippen molar-refractivity contribution in [2.75, 3.05) is 5.32 Å². The van der Waals surface area contributed by atoms with Crippen LogP contribution in [0.25, 0.3) is 0 Å². The van der Waals surface area contributed by atoms with E-state index >= 15 is 0 Å². The number of nitro groups is 1. The Balaban J connectivity index is 2.33. The third-order valence-corrected chi connectivity index (χ3v) is 4.37. The van der Waals surface area contributed by atoms with Crippen LogP contribution >= 0.6 is 54.5 Å². The lowest BCUT2D eigenvalue weighted by Gasteiger charge is -2.09. The van der Waals surface area contributed by atoms with Gasteiger partial charge in [-0.3, -0.25) is 20.0 Å². The fourth-order valence-corrected chi connectivity index (χ4v) is 3.26. The number of anilines is 1. The first kappa shape index (κ1) is 15.4. The minimum absolute atomic E-state index is 0.0853. The first-order valence-corrected chi connectivity index (χ1v) is 7.70. The van der Waals surface area contributed by atoms with E-state index in [4.69, 9.17) is 0 Å². The number of aromatic nitrogens is 2. The van der Waals surface area contributed by atoms with Gasteiger partial charge in [0, 0.05) is 21.1 Å². The lowest BCUT2D eigenvalue weighted by molar-refractivity contribution is -0.385. The summed E-state index contributed by atoms with van der Waals surface area (Å²) in [6, 6.07) is 2.64. The van der Waals surface area contributed by atoms with Gasteiger partial charge >= 0.3 is 0 Å². The van der Waals surface area contributed by atoms with Crippen LogP contribution in [0.2, 0.25) is 0 Å². The Bertz CT molecular complexity index is 681. The molecule has 0 aliphatic carbocycles. The zero-order chi connectivity index (χ0) is 14.9. The Labute approximate surface area is 143 Å². The average Bonchev–Trinajstić information content (AvgIpc) is 2.79. The fraction of sp³-hybridized carbons (Fsp3) is 0. The molecule has 20 heavy (non-hydrogen) atoms. The number of carbonyl (C=O) groups is 1. The molecule has 0 saturated carbocycles. The summed E-state index contributed by atoms with van der Waals surface area (Å²) in [7, 11) is 0. The van der Waals surface area contributed by atoms with Crippen molar-refractivity contribution in [1.82, 2.24) is 10.2 Å². The number of halogens is 3. The van der Waals surface area contributed by atoms with Crippen LogP contribution < -0.4 is 5.32 Å². The molecule has 0 aliphatic rings. The van der Waals surface area contributed by atoms with Gasteiger partial charge in [0.2, 0.25) is 0 Å². The molecule has 104 valence electrons. The molecule has 0 fully saturated rings. The normalized spacial score (nSPS) is 10.3. The summed E-state index contributed by atoms with van der Waals surface area (Å²) in [4.78, 5) is 22.3. The molecular formula is C10H5Br2IN4O3. The predicted molar refractivity (Wildman–Crippen MR) is 87.8 cm³/mol. The summed E-state index contributed by atoms with van der Waals surface area (Å²) in [5.74, 6) is -0.387. The Morgan fingerprint density at radius 3 is 2.45 bits per heavy atom. The molecule has 1 heterocycles. The second-order valence-corrected chi connectivity index (χ2v) is 6.46. The molecular weight excluding hydrogens is 511 g/mol. The molecule has 7 nitrogen and oxygen atoms in total. The second kappa shape index (κ2) is 6.18. The smallest absolute Gasteiger partial charge is 0.274 e. The van der Waals surface area contributed by atoms with Crippen LogP contribution in [0.15, 0.2) is 27.3 Å². The Kier molecular flexibility index (Phi) is 4.75. The van der Waals surface area contributed by atoms with E-state index in [-0.39, 0.29) is 11.6 Å². The summed E-state index contributed by atoms with van der Waals surface area (Å²) in [5, 5.41) is 19.7. The van der Waals surface area contributed by atoms with Gasteiger partial charge in [0.25, 0.3) is 11.6 Å². The highest BCUT2D eigenvalue weighted by atomic mass is 127. The van der Waals surface area contributed by atoms with E-state index in [2.05, 4.69) is 47.4 Å². The van der Waals surface area contributed by atoms with Crippen LogP contribution in [0.4, 0.5) is 11.4 Å². The summed E-state index contributed by atoms with van der Waals surface area (Å²) in [6.07, 6.45) is 1.52. The molecule has 0 atom stereocenters. The molecule has 1 aromatic heterocycles. The fourth-order valence-electron chi connectivity index (χ4n) is 1.39.